The van der Waals surface area contributed by atoms with Gasteiger partial charge in [0.05, 0.1) is 0 Å². The number of nitrogens with zero attached hydrogens (tertiary/aromatic N) is 1. The fourth-order valence-electron chi connectivity index (χ4n) is 1.58. The molecule has 2 nitrogen and oxygen atoms in total. The minimum Gasteiger partial charge on any atom is -0.462 e. The van der Waals surface area contributed by atoms with Crippen LogP contribution in [0.15, 0.2) is 47.2 Å². The summed E-state index contributed by atoms with van der Waals surface area (Å²) in [5.74, 6) is 0. The highest BCUT2D eigenvalue weighted by molar-refractivity contribution is 5.92. The molecule has 62 valence electrons. The summed E-state index contributed by atoms with van der Waals surface area (Å²) >= 11 is 0. The Morgan fingerprint density at radius 1 is 1.08 bits per heavy atom. The van der Waals surface area contributed by atoms with Gasteiger partial charge in [-0.3, -0.25) is 4.98 Å². The summed E-state index contributed by atoms with van der Waals surface area (Å²) in [5.41, 5.74) is 2.98. The molecule has 0 amide bonds. The molecular formula is C11H7NO. The molecule has 3 rings (SSSR count). The largest absolute Gasteiger partial charge is 0.462 e. The molecule has 0 aliphatic carbocycles. The summed E-state index contributed by atoms with van der Waals surface area (Å²) in [5, 5.41) is 1.12. The van der Waals surface area contributed by atoms with Crippen molar-refractivity contribution in [3.8, 4) is 11.3 Å². The molecule has 0 fully saturated rings. The Labute approximate surface area is 75.2 Å². The van der Waals surface area contributed by atoms with E-state index in [1.807, 2.05) is 30.3 Å². The lowest BCUT2D eigenvalue weighted by molar-refractivity contribution is 0.604. The first kappa shape index (κ1) is 6.66. The smallest absolute Gasteiger partial charge is 0.134 e. The molecule has 0 aromatic heterocycles. The molecule has 0 saturated carbocycles. The van der Waals surface area contributed by atoms with Gasteiger partial charge in [0, 0.05) is 17.1 Å². The summed E-state index contributed by atoms with van der Waals surface area (Å²) in [6.45, 7) is 0. The van der Waals surface area contributed by atoms with E-state index in [1.165, 1.54) is 0 Å². The van der Waals surface area contributed by atoms with Gasteiger partial charge in [-0.2, -0.15) is 0 Å². The van der Waals surface area contributed by atoms with Gasteiger partial charge in [-0.05, 0) is 12.1 Å². The van der Waals surface area contributed by atoms with Gasteiger partial charge in [-0.25, -0.2) is 0 Å². The number of para-hydroxylation sites is 1. The summed E-state index contributed by atoms with van der Waals surface area (Å²) in [7, 11) is 0. The molecule has 0 radical (unpaired) electrons. The molecule has 1 aromatic rings. The maximum Gasteiger partial charge on any atom is 0.134 e. The summed E-state index contributed by atoms with van der Waals surface area (Å²) in [6.07, 6.45) is 3.49. The van der Waals surface area contributed by atoms with E-state index in [0.29, 0.717) is 0 Å². The van der Waals surface area contributed by atoms with E-state index in [4.69, 9.17) is 4.42 Å². The van der Waals surface area contributed by atoms with Gasteiger partial charge in [-0.1, -0.05) is 18.2 Å². The molecule has 0 atom stereocenters. The van der Waals surface area contributed by atoms with Crippen molar-refractivity contribution in [3.05, 3.63) is 42.8 Å². The molecule has 2 aliphatic heterocycles. The fraction of sp³-hybridized carbons (Fsp3) is 0. The minimum absolute atomic E-state index is 0.906. The van der Waals surface area contributed by atoms with Crippen molar-refractivity contribution >= 4 is 11.0 Å². The van der Waals surface area contributed by atoms with Crippen molar-refractivity contribution in [1.82, 2.24) is 4.98 Å². The number of hydrogen-bond donors (Lipinski definition) is 0. The lowest BCUT2D eigenvalue weighted by Gasteiger charge is -2.01. The van der Waals surface area contributed by atoms with Gasteiger partial charge in [-0.15, -0.1) is 0 Å². The van der Waals surface area contributed by atoms with Crippen LogP contribution in [0.25, 0.3) is 22.2 Å². The van der Waals surface area contributed by atoms with Gasteiger partial charge in [0.15, 0.2) is 0 Å². The standard InChI is InChI=1S/C11H7NO/c1-2-4-11-9(3-1)8-5-6-12-10(8)7-13-11/h1-7H. The van der Waals surface area contributed by atoms with E-state index in [-0.39, 0.29) is 0 Å². The average Bonchev–Trinajstić information content (AvgIpc) is 2.65. The molecule has 0 unspecified atom stereocenters. The predicted octanol–water partition coefficient (Wildman–Crippen LogP) is 2.93. The molecule has 13 heavy (non-hydrogen) atoms. The number of aromatic nitrogens is 1. The van der Waals surface area contributed by atoms with Gasteiger partial charge in [0.2, 0.25) is 0 Å². The first-order chi connectivity index (χ1) is 6.45. The van der Waals surface area contributed by atoms with Crippen molar-refractivity contribution in [2.24, 2.45) is 0 Å². The van der Waals surface area contributed by atoms with Crippen molar-refractivity contribution in [2.75, 3.05) is 0 Å². The van der Waals surface area contributed by atoms with Crippen LogP contribution in [-0.4, -0.2) is 4.98 Å². The Balaban J connectivity index is 2.57. The monoisotopic (exact) mass is 169 g/mol. The summed E-state index contributed by atoms with van der Waals surface area (Å²) in [6, 6.07) is 9.98. The Hall–Kier alpha value is -1.83. The Morgan fingerprint density at radius 3 is 3.00 bits per heavy atom. The minimum atomic E-state index is 0.906. The van der Waals surface area contributed by atoms with Crippen LogP contribution in [0.5, 0.6) is 0 Å². The van der Waals surface area contributed by atoms with E-state index < -0.39 is 0 Å². The van der Waals surface area contributed by atoms with Crippen LogP contribution in [0.1, 0.15) is 0 Å². The fourth-order valence-corrected chi connectivity index (χ4v) is 1.58. The third kappa shape index (κ3) is 0.855. The predicted molar refractivity (Wildman–Crippen MR) is 50.6 cm³/mol. The van der Waals surface area contributed by atoms with E-state index in [2.05, 4.69) is 4.98 Å². The van der Waals surface area contributed by atoms with Crippen LogP contribution < -0.4 is 0 Å². The zero-order chi connectivity index (χ0) is 8.67. The highest BCUT2D eigenvalue weighted by Gasteiger charge is 2.08. The second kappa shape index (κ2) is 2.33. The number of hydrogen-bond acceptors (Lipinski definition) is 2. The van der Waals surface area contributed by atoms with Crippen molar-refractivity contribution in [1.29, 1.82) is 0 Å². The third-order valence-corrected chi connectivity index (χ3v) is 2.21. The molecule has 1 aromatic carbocycles. The Kier molecular flexibility index (Phi) is 1.19. The number of fused-ring (bicyclic) bond motifs is 3. The van der Waals surface area contributed by atoms with Crippen LogP contribution in [0.2, 0.25) is 0 Å². The molecule has 0 saturated heterocycles. The average molecular weight is 169 g/mol. The van der Waals surface area contributed by atoms with Gasteiger partial charge in [0.1, 0.15) is 17.5 Å². The summed E-state index contributed by atoms with van der Waals surface area (Å²) < 4.78 is 5.42. The molecule has 2 heterocycles. The maximum atomic E-state index is 5.42. The topological polar surface area (TPSA) is 26.0 Å². The van der Waals surface area contributed by atoms with Crippen molar-refractivity contribution < 1.29 is 4.42 Å². The maximum absolute atomic E-state index is 5.42. The molecule has 2 aliphatic rings. The van der Waals surface area contributed by atoms with Crippen molar-refractivity contribution in [2.45, 2.75) is 0 Å². The van der Waals surface area contributed by atoms with E-state index in [9.17, 15) is 0 Å². The van der Waals surface area contributed by atoms with Gasteiger partial charge < -0.3 is 4.42 Å². The molecule has 0 spiro atoms. The normalized spacial score (nSPS) is 11.1. The summed E-state index contributed by atoms with van der Waals surface area (Å²) in [4.78, 5) is 4.18. The second-order valence-corrected chi connectivity index (χ2v) is 2.98. The van der Waals surface area contributed by atoms with Gasteiger partial charge in [0.25, 0.3) is 0 Å². The van der Waals surface area contributed by atoms with Crippen LogP contribution >= 0.6 is 0 Å². The first-order valence-electron chi connectivity index (χ1n) is 4.16. The molecule has 2 heteroatoms. The van der Waals surface area contributed by atoms with E-state index >= 15 is 0 Å². The van der Waals surface area contributed by atoms with Crippen LogP contribution in [0, 0.1) is 0 Å². The first-order valence-corrected chi connectivity index (χ1v) is 4.16. The molecule has 0 bridgehead atoms. The number of benzene rings is 1. The number of rotatable bonds is 0. The Morgan fingerprint density at radius 2 is 2.00 bits per heavy atom. The second-order valence-electron chi connectivity index (χ2n) is 2.98. The SMILES string of the molecule is c1ccc2c3ccnc-3coc2c1. The van der Waals surface area contributed by atoms with Gasteiger partial charge >= 0.3 is 0 Å². The molecular weight excluding hydrogens is 162 g/mol. The zero-order valence-corrected chi connectivity index (χ0v) is 6.90. The molecule has 0 N–H and O–H groups in total. The highest BCUT2D eigenvalue weighted by Crippen LogP contribution is 2.29. The quantitative estimate of drug-likeness (QED) is 0.517. The van der Waals surface area contributed by atoms with E-state index in [0.717, 1.165) is 22.2 Å². The highest BCUT2D eigenvalue weighted by atomic mass is 16.3. The zero-order valence-electron chi connectivity index (χ0n) is 6.90. The third-order valence-electron chi connectivity index (χ3n) is 2.21. The van der Waals surface area contributed by atoms with Crippen LogP contribution in [-0.2, 0) is 0 Å². The Bertz CT molecular complexity index is 527. The van der Waals surface area contributed by atoms with E-state index in [1.54, 1.807) is 12.5 Å². The lowest BCUT2D eigenvalue weighted by Crippen LogP contribution is -1.78. The van der Waals surface area contributed by atoms with Crippen LogP contribution in [0.4, 0.5) is 0 Å². The van der Waals surface area contributed by atoms with Crippen LogP contribution in [0.3, 0.4) is 0 Å². The lowest BCUT2D eigenvalue weighted by atomic mass is 10.1. The van der Waals surface area contributed by atoms with Crippen molar-refractivity contribution in [3.63, 3.8) is 0 Å².